The topological polar surface area (TPSA) is 98.0 Å². The summed E-state index contributed by atoms with van der Waals surface area (Å²) < 4.78 is 8.88. The molecule has 0 saturated heterocycles. The number of hydrogen-bond donors (Lipinski definition) is 4. The minimum atomic E-state index is -4.64. The molecule has 0 heterocycles. The van der Waals surface area contributed by atoms with E-state index in [-0.39, 0.29) is 26.2 Å². The molecule has 0 radical (unpaired) electrons. The number of phosphoric acid groups is 1. The second-order valence-electron chi connectivity index (χ2n) is 3.48. The Labute approximate surface area is 110 Å². The molecule has 7 heteroatoms. The first-order chi connectivity index (χ1) is 6.27. The van der Waals surface area contributed by atoms with E-state index in [4.69, 9.17) is 24.4 Å². The summed E-state index contributed by atoms with van der Waals surface area (Å²) >= 11 is 0. The van der Waals surface area contributed by atoms with Crippen molar-refractivity contribution < 1.29 is 50.6 Å². The van der Waals surface area contributed by atoms with Crippen LogP contribution in [0.1, 0.15) is 39.5 Å². The van der Waals surface area contributed by atoms with Crippen LogP contribution in [-0.4, -0.2) is 26.4 Å². The predicted octanol–water partition coefficient (Wildman–Crippen LogP) is 1.26. The van der Waals surface area contributed by atoms with Gasteiger partial charge in [-0.3, -0.25) is 0 Å². The smallest absolute Gasteiger partial charge is 0.396 e. The van der Waals surface area contributed by atoms with E-state index >= 15 is 0 Å². The van der Waals surface area contributed by atoms with E-state index in [2.05, 4.69) is 13.8 Å². The van der Waals surface area contributed by atoms with Crippen LogP contribution in [0.4, 0.5) is 0 Å². The van der Waals surface area contributed by atoms with Gasteiger partial charge < -0.3 is 19.8 Å². The fourth-order valence-corrected chi connectivity index (χ4v) is 0.841. The van der Waals surface area contributed by atoms with E-state index in [1.807, 2.05) is 0 Å². The Bertz CT molecular complexity index is 151. The van der Waals surface area contributed by atoms with Gasteiger partial charge in [-0.25, -0.2) is 4.57 Å². The molecule has 92 valence electrons. The number of aliphatic hydroxyl groups is 1. The average Bonchev–Trinajstić information content (AvgIpc) is 1.94. The van der Waals surface area contributed by atoms with Gasteiger partial charge in [0, 0.05) is 32.8 Å². The summed E-state index contributed by atoms with van der Waals surface area (Å²) in [6.07, 6.45) is 4.75. The second kappa shape index (κ2) is 13.0. The monoisotopic (exact) mass is 318 g/mol. The standard InChI is InChI=1S/C8H18O.H3O4P.Zr/c1-8(2)6-4-3-5-7-9;1-5(2,3)4;/h8-9H,3-7H2,1-2H3;(H3,1,2,3,4);. The fourth-order valence-electron chi connectivity index (χ4n) is 0.841. The molecular weight excluding hydrogens is 298 g/mol. The predicted molar refractivity (Wildman–Crippen MR) is 54.7 cm³/mol. The quantitative estimate of drug-likeness (QED) is 0.452. The first-order valence-corrected chi connectivity index (χ1v) is 6.23. The van der Waals surface area contributed by atoms with E-state index < -0.39 is 7.82 Å². The summed E-state index contributed by atoms with van der Waals surface area (Å²) in [5.41, 5.74) is 0. The summed E-state index contributed by atoms with van der Waals surface area (Å²) in [6, 6.07) is 0. The first-order valence-electron chi connectivity index (χ1n) is 4.66. The van der Waals surface area contributed by atoms with Crippen molar-refractivity contribution in [2.75, 3.05) is 6.61 Å². The van der Waals surface area contributed by atoms with Gasteiger partial charge in [-0.15, -0.1) is 0 Å². The maximum atomic E-state index is 8.88. The van der Waals surface area contributed by atoms with Crippen LogP contribution >= 0.6 is 7.82 Å². The van der Waals surface area contributed by atoms with Crippen molar-refractivity contribution in [1.29, 1.82) is 0 Å². The Hall–Kier alpha value is 0.953. The van der Waals surface area contributed by atoms with E-state index in [1.54, 1.807) is 0 Å². The maximum Gasteiger partial charge on any atom is 0.466 e. The minimum Gasteiger partial charge on any atom is -0.396 e. The Kier molecular flexibility index (Phi) is 18.5. The molecule has 0 saturated carbocycles. The van der Waals surface area contributed by atoms with Crippen LogP contribution in [0.5, 0.6) is 0 Å². The van der Waals surface area contributed by atoms with Gasteiger partial charge in [-0.2, -0.15) is 0 Å². The molecule has 0 bridgehead atoms. The summed E-state index contributed by atoms with van der Waals surface area (Å²) in [5, 5.41) is 8.43. The molecule has 0 rings (SSSR count). The molecule has 0 aromatic carbocycles. The minimum absolute atomic E-state index is 0. The van der Waals surface area contributed by atoms with E-state index in [9.17, 15) is 0 Å². The number of hydrogen-bond acceptors (Lipinski definition) is 2. The molecule has 15 heavy (non-hydrogen) atoms. The molecule has 0 aliphatic heterocycles. The number of unbranched alkanes of at least 4 members (excludes halogenated alkanes) is 2. The molecular formula is C8H21O5PZr. The fraction of sp³-hybridized carbons (Fsp3) is 1.00. The van der Waals surface area contributed by atoms with Gasteiger partial charge in [0.2, 0.25) is 0 Å². The largest absolute Gasteiger partial charge is 0.466 e. The van der Waals surface area contributed by atoms with Crippen molar-refractivity contribution in [1.82, 2.24) is 0 Å². The maximum absolute atomic E-state index is 8.88. The number of aliphatic hydroxyl groups excluding tert-OH is 1. The third-order valence-electron chi connectivity index (χ3n) is 1.44. The Morgan fingerprint density at radius 1 is 1.07 bits per heavy atom. The van der Waals surface area contributed by atoms with Crippen LogP contribution in [0.15, 0.2) is 0 Å². The van der Waals surface area contributed by atoms with Crippen LogP contribution in [-0.2, 0) is 30.8 Å². The van der Waals surface area contributed by atoms with Gasteiger partial charge in [0.05, 0.1) is 0 Å². The molecule has 0 unspecified atom stereocenters. The zero-order valence-corrected chi connectivity index (χ0v) is 12.6. The van der Waals surface area contributed by atoms with Crippen LogP contribution in [0.2, 0.25) is 0 Å². The van der Waals surface area contributed by atoms with Crippen molar-refractivity contribution >= 4 is 7.82 Å². The molecule has 0 aliphatic rings. The van der Waals surface area contributed by atoms with Gasteiger partial charge in [0.1, 0.15) is 0 Å². The van der Waals surface area contributed by atoms with E-state index in [0.717, 1.165) is 12.3 Å². The number of rotatable bonds is 5. The van der Waals surface area contributed by atoms with Gasteiger partial charge >= 0.3 is 7.82 Å². The van der Waals surface area contributed by atoms with Gasteiger partial charge in [-0.1, -0.05) is 33.1 Å². The zero-order chi connectivity index (χ0) is 11.6. The van der Waals surface area contributed by atoms with Crippen LogP contribution < -0.4 is 0 Å². The second-order valence-corrected chi connectivity index (χ2v) is 4.51. The van der Waals surface area contributed by atoms with Crippen molar-refractivity contribution in [3.8, 4) is 0 Å². The Morgan fingerprint density at radius 3 is 1.73 bits per heavy atom. The van der Waals surface area contributed by atoms with Crippen LogP contribution in [0.3, 0.4) is 0 Å². The van der Waals surface area contributed by atoms with Gasteiger partial charge in [0.15, 0.2) is 0 Å². The van der Waals surface area contributed by atoms with Crippen molar-refractivity contribution in [3.63, 3.8) is 0 Å². The van der Waals surface area contributed by atoms with Crippen LogP contribution in [0, 0.1) is 5.92 Å². The summed E-state index contributed by atoms with van der Waals surface area (Å²) in [4.78, 5) is 21.6. The van der Waals surface area contributed by atoms with Crippen LogP contribution in [0.25, 0.3) is 0 Å². The molecule has 0 aromatic heterocycles. The molecule has 4 N–H and O–H groups in total. The van der Waals surface area contributed by atoms with Crippen molar-refractivity contribution in [3.05, 3.63) is 0 Å². The average molecular weight is 319 g/mol. The van der Waals surface area contributed by atoms with Gasteiger partial charge in [-0.05, 0) is 12.3 Å². The molecule has 0 amide bonds. The third kappa shape index (κ3) is 51.9. The van der Waals surface area contributed by atoms with Crippen molar-refractivity contribution in [2.24, 2.45) is 5.92 Å². The molecule has 0 aliphatic carbocycles. The molecule has 0 spiro atoms. The summed E-state index contributed by atoms with van der Waals surface area (Å²) in [6.45, 7) is 4.83. The molecule has 0 aromatic rings. The molecule has 0 fully saturated rings. The van der Waals surface area contributed by atoms with E-state index in [0.29, 0.717) is 6.61 Å². The zero-order valence-electron chi connectivity index (χ0n) is 9.26. The first kappa shape index (κ1) is 21.3. The summed E-state index contributed by atoms with van der Waals surface area (Å²) in [5.74, 6) is 0.823. The molecule has 5 nitrogen and oxygen atoms in total. The normalized spacial score (nSPS) is 10.3. The van der Waals surface area contributed by atoms with Gasteiger partial charge in [0.25, 0.3) is 0 Å². The summed E-state index contributed by atoms with van der Waals surface area (Å²) in [7, 11) is -4.64. The van der Waals surface area contributed by atoms with E-state index in [1.165, 1.54) is 19.3 Å². The van der Waals surface area contributed by atoms with Crippen molar-refractivity contribution in [2.45, 2.75) is 39.5 Å². The third-order valence-corrected chi connectivity index (χ3v) is 1.44. The Balaban J connectivity index is -0.000000208. The SMILES string of the molecule is CC(C)CCCCCO.O=P(O)(O)O.[Zr]. The Morgan fingerprint density at radius 2 is 1.47 bits per heavy atom. The molecule has 0 atom stereocenters.